The van der Waals surface area contributed by atoms with Gasteiger partial charge in [0.25, 0.3) is 5.91 Å². The topological polar surface area (TPSA) is 110 Å². The molecule has 2 aliphatic rings. The largest absolute Gasteiger partial charge is 0.391 e. The van der Waals surface area contributed by atoms with Crippen LogP contribution in [0.5, 0.6) is 0 Å². The molecule has 3 atom stereocenters. The zero-order chi connectivity index (χ0) is 25.4. The number of rotatable bonds is 5. The van der Waals surface area contributed by atoms with E-state index in [-0.39, 0.29) is 23.1 Å². The van der Waals surface area contributed by atoms with Crippen LogP contribution in [-0.2, 0) is 0 Å². The number of likely N-dealkylation sites (tertiary alicyclic amines) is 1. The number of nitrogens with zero attached hydrogens (tertiary/aromatic N) is 7. The molecule has 0 bridgehead atoms. The summed E-state index contributed by atoms with van der Waals surface area (Å²) in [5.74, 6) is -0.296. The second-order valence-corrected chi connectivity index (χ2v) is 9.57. The first-order chi connectivity index (χ1) is 17.4. The zero-order valence-electron chi connectivity index (χ0n) is 20.1. The van der Waals surface area contributed by atoms with Crippen molar-refractivity contribution in [1.82, 2.24) is 19.5 Å². The Morgan fingerprint density at radius 3 is 2.92 bits per heavy atom. The van der Waals surface area contributed by atoms with Gasteiger partial charge >= 0.3 is 0 Å². The minimum Gasteiger partial charge on any atom is -0.391 e. The number of carbonyl (C=O) groups is 1. The standard InChI is InChI=1S/C26H28FN7O2/c1-16-13-34-24(30-25(16)32-14-18(12-29-2)23(35)15-32)10-21(31-34)22-5-3-4-8-33(22)26(36)19-7-6-17(11-28)9-20(19)27/h6-7,9-10,13,18,22-23,35H,2-5,8,12,14-15H2,1H3/t18-,22+,23+/m1/s1. The number of carbonyl (C=O) groups excluding carboxylic acids is 1. The van der Waals surface area contributed by atoms with Gasteiger partial charge in [0.05, 0.1) is 35.0 Å². The molecule has 0 saturated carbocycles. The fraction of sp³-hybridized carbons (Fsp3) is 0.423. The second kappa shape index (κ2) is 9.66. The molecule has 36 heavy (non-hydrogen) atoms. The Morgan fingerprint density at radius 1 is 1.33 bits per heavy atom. The van der Waals surface area contributed by atoms with Gasteiger partial charge < -0.3 is 19.9 Å². The number of piperidine rings is 1. The van der Waals surface area contributed by atoms with Crippen molar-refractivity contribution in [2.75, 3.05) is 31.1 Å². The predicted molar refractivity (Wildman–Crippen MR) is 133 cm³/mol. The third kappa shape index (κ3) is 4.31. The number of hydrogen-bond acceptors (Lipinski definition) is 7. The lowest BCUT2D eigenvalue weighted by molar-refractivity contribution is 0.0601. The van der Waals surface area contributed by atoms with E-state index in [1.165, 1.54) is 12.1 Å². The summed E-state index contributed by atoms with van der Waals surface area (Å²) in [7, 11) is 0. The SMILES string of the molecule is C=NC[C@@H]1CN(c2nc3cc([C@@H]4CCCCN4C(=O)c4ccc(C#N)cc4F)nn3cc2C)C[C@@H]1O. The highest BCUT2D eigenvalue weighted by atomic mass is 19.1. The lowest BCUT2D eigenvalue weighted by Gasteiger charge is -2.34. The quantitative estimate of drug-likeness (QED) is 0.552. The molecule has 1 amide bonds. The first-order valence-electron chi connectivity index (χ1n) is 12.1. The number of benzene rings is 1. The van der Waals surface area contributed by atoms with E-state index >= 15 is 0 Å². The van der Waals surface area contributed by atoms with Gasteiger partial charge in [-0.3, -0.25) is 4.79 Å². The Morgan fingerprint density at radius 2 is 2.17 bits per heavy atom. The average Bonchev–Trinajstić information content (AvgIpc) is 3.45. The molecule has 2 fully saturated rings. The molecule has 5 rings (SSSR count). The van der Waals surface area contributed by atoms with E-state index in [4.69, 9.17) is 15.3 Å². The summed E-state index contributed by atoms with van der Waals surface area (Å²) < 4.78 is 16.3. The number of amides is 1. The van der Waals surface area contributed by atoms with Crippen molar-refractivity contribution in [3.05, 3.63) is 58.7 Å². The third-order valence-electron chi connectivity index (χ3n) is 7.13. The van der Waals surface area contributed by atoms with Crippen LogP contribution in [0.3, 0.4) is 0 Å². The van der Waals surface area contributed by atoms with Crippen molar-refractivity contribution >= 4 is 24.1 Å². The van der Waals surface area contributed by atoms with Crippen LogP contribution in [0.1, 0.15) is 52.5 Å². The molecule has 0 radical (unpaired) electrons. The summed E-state index contributed by atoms with van der Waals surface area (Å²) >= 11 is 0. The maximum absolute atomic E-state index is 14.6. The van der Waals surface area contributed by atoms with Gasteiger partial charge in [-0.1, -0.05) is 0 Å². The number of halogens is 1. The molecule has 0 spiro atoms. The van der Waals surface area contributed by atoms with Gasteiger partial charge in [-0.25, -0.2) is 13.9 Å². The molecule has 10 heteroatoms. The molecule has 2 aliphatic heterocycles. The first kappa shape index (κ1) is 23.9. The van der Waals surface area contributed by atoms with E-state index in [9.17, 15) is 14.3 Å². The number of aliphatic imine (C=N–C) groups is 1. The summed E-state index contributed by atoms with van der Waals surface area (Å²) in [4.78, 5) is 25.8. The number of nitriles is 1. The number of β-amino-alcohol motifs (C(OH)–C–C–N with tert-alkyl or cyclic N) is 1. The number of anilines is 1. The van der Waals surface area contributed by atoms with Gasteiger partial charge in [0.15, 0.2) is 5.65 Å². The molecule has 186 valence electrons. The second-order valence-electron chi connectivity index (χ2n) is 9.57. The Labute approximate surface area is 208 Å². The van der Waals surface area contributed by atoms with Gasteiger partial charge in [0.2, 0.25) is 0 Å². The van der Waals surface area contributed by atoms with Crippen molar-refractivity contribution in [3.8, 4) is 6.07 Å². The number of aromatic nitrogens is 3. The monoisotopic (exact) mass is 489 g/mol. The molecule has 0 unspecified atom stereocenters. The Balaban J connectivity index is 1.44. The summed E-state index contributed by atoms with van der Waals surface area (Å²) in [6, 6.07) is 7.40. The number of hydrogen-bond donors (Lipinski definition) is 1. The molecule has 0 aliphatic carbocycles. The predicted octanol–water partition coefficient (Wildman–Crippen LogP) is 2.91. The van der Waals surface area contributed by atoms with Crippen molar-refractivity contribution in [2.24, 2.45) is 10.9 Å². The molecule has 3 aromatic rings. The van der Waals surface area contributed by atoms with Crippen LogP contribution in [0.25, 0.3) is 5.65 Å². The van der Waals surface area contributed by atoms with E-state index in [0.29, 0.717) is 43.9 Å². The van der Waals surface area contributed by atoms with Crippen molar-refractivity contribution in [2.45, 2.75) is 38.3 Å². The van der Waals surface area contributed by atoms with Crippen LogP contribution in [-0.4, -0.2) is 69.5 Å². The van der Waals surface area contributed by atoms with E-state index in [2.05, 4.69) is 16.6 Å². The zero-order valence-corrected chi connectivity index (χ0v) is 20.1. The smallest absolute Gasteiger partial charge is 0.257 e. The molecule has 9 nitrogen and oxygen atoms in total. The molecule has 4 heterocycles. The average molecular weight is 490 g/mol. The highest BCUT2D eigenvalue weighted by Gasteiger charge is 2.34. The van der Waals surface area contributed by atoms with Gasteiger partial charge in [-0.05, 0) is 51.1 Å². The number of aliphatic hydroxyl groups excluding tert-OH is 1. The molecular formula is C26H28FN7O2. The Kier molecular flexibility index (Phi) is 6.41. The highest BCUT2D eigenvalue weighted by molar-refractivity contribution is 5.95. The minimum atomic E-state index is -0.696. The van der Waals surface area contributed by atoms with Gasteiger partial charge in [-0.2, -0.15) is 10.4 Å². The van der Waals surface area contributed by atoms with Crippen LogP contribution < -0.4 is 4.90 Å². The fourth-order valence-electron chi connectivity index (χ4n) is 5.27. The Hall–Kier alpha value is -3.84. The van der Waals surface area contributed by atoms with Crippen LogP contribution in [0.15, 0.2) is 35.5 Å². The van der Waals surface area contributed by atoms with Gasteiger partial charge in [-0.15, -0.1) is 0 Å². The van der Waals surface area contributed by atoms with Gasteiger partial charge in [0.1, 0.15) is 11.6 Å². The number of aryl methyl sites for hydroxylation is 1. The lowest BCUT2D eigenvalue weighted by atomic mass is 9.98. The van der Waals surface area contributed by atoms with Crippen molar-refractivity contribution < 1.29 is 14.3 Å². The molecule has 2 aromatic heterocycles. The molecule has 2 saturated heterocycles. The summed E-state index contributed by atoms with van der Waals surface area (Å²) in [6.45, 7) is 7.62. The Bertz CT molecular complexity index is 1360. The van der Waals surface area contributed by atoms with E-state index in [1.54, 1.807) is 9.42 Å². The van der Waals surface area contributed by atoms with Gasteiger partial charge in [0, 0.05) is 49.9 Å². The fourth-order valence-corrected chi connectivity index (χ4v) is 5.27. The summed E-state index contributed by atoms with van der Waals surface area (Å²) in [6.07, 6.45) is 3.89. The van der Waals surface area contributed by atoms with E-state index < -0.39 is 17.8 Å². The third-order valence-corrected chi connectivity index (χ3v) is 7.13. The van der Waals surface area contributed by atoms with E-state index in [1.807, 2.05) is 25.3 Å². The van der Waals surface area contributed by atoms with Crippen molar-refractivity contribution in [3.63, 3.8) is 0 Å². The minimum absolute atomic E-state index is 0.0184. The maximum atomic E-state index is 14.6. The molecule has 1 N–H and O–H groups in total. The lowest BCUT2D eigenvalue weighted by Crippen LogP contribution is -2.39. The highest BCUT2D eigenvalue weighted by Crippen LogP contribution is 2.33. The van der Waals surface area contributed by atoms with Crippen LogP contribution in [0.4, 0.5) is 10.2 Å². The normalized spacial score (nSPS) is 22.1. The van der Waals surface area contributed by atoms with Crippen LogP contribution >= 0.6 is 0 Å². The molecular weight excluding hydrogens is 461 g/mol. The summed E-state index contributed by atoms with van der Waals surface area (Å²) in [5, 5.41) is 24.1. The number of fused-ring (bicyclic) bond motifs is 1. The maximum Gasteiger partial charge on any atom is 0.257 e. The first-order valence-corrected chi connectivity index (χ1v) is 12.1. The summed E-state index contributed by atoms with van der Waals surface area (Å²) in [5.41, 5.74) is 2.41. The van der Waals surface area contributed by atoms with Crippen LogP contribution in [0.2, 0.25) is 0 Å². The van der Waals surface area contributed by atoms with Crippen LogP contribution in [0, 0.1) is 30.0 Å². The number of aliphatic hydroxyl groups is 1. The van der Waals surface area contributed by atoms with E-state index in [0.717, 1.165) is 30.3 Å². The molecule has 1 aromatic carbocycles. The van der Waals surface area contributed by atoms with Crippen molar-refractivity contribution in [1.29, 1.82) is 5.26 Å².